The van der Waals surface area contributed by atoms with E-state index in [0.29, 0.717) is 6.04 Å². The number of piperidine rings is 1. The average molecular weight is 260 g/mol. The Morgan fingerprint density at radius 3 is 2.32 bits per heavy atom. The normalized spacial score (nSPS) is 18.4. The number of likely N-dealkylation sites (tertiary alicyclic amines) is 1. The van der Waals surface area contributed by atoms with Gasteiger partial charge in [0.25, 0.3) is 0 Å². The van der Waals surface area contributed by atoms with Crippen LogP contribution in [-0.2, 0) is 6.54 Å². The topological polar surface area (TPSA) is 6.48 Å². The van der Waals surface area contributed by atoms with Gasteiger partial charge < -0.3 is 4.90 Å². The van der Waals surface area contributed by atoms with E-state index >= 15 is 0 Å². The predicted molar refractivity (Wildman–Crippen MR) is 82.3 cm³/mol. The summed E-state index contributed by atoms with van der Waals surface area (Å²) in [5, 5.41) is 0. The Hall–Kier alpha value is -0.860. The molecule has 106 valence electrons. The molecule has 0 aliphatic carbocycles. The molecule has 0 saturated carbocycles. The van der Waals surface area contributed by atoms with Crippen molar-refractivity contribution in [2.24, 2.45) is 0 Å². The molecule has 0 bridgehead atoms. The lowest BCUT2D eigenvalue weighted by atomic mass is 10.0. The van der Waals surface area contributed by atoms with Crippen LogP contribution in [0.2, 0.25) is 0 Å². The Bertz CT molecular complexity index is 353. The monoisotopic (exact) mass is 260 g/mol. The fraction of sp³-hybridized carbons (Fsp3) is 0.647. The van der Waals surface area contributed by atoms with Crippen molar-refractivity contribution < 1.29 is 0 Å². The van der Waals surface area contributed by atoms with Crippen molar-refractivity contribution in [3.05, 3.63) is 35.9 Å². The highest BCUT2D eigenvalue weighted by Crippen LogP contribution is 2.20. The van der Waals surface area contributed by atoms with Crippen molar-refractivity contribution >= 4 is 0 Å². The van der Waals surface area contributed by atoms with Crippen LogP contribution in [0.15, 0.2) is 30.3 Å². The molecule has 1 fully saturated rings. The maximum absolute atomic E-state index is 2.65. The maximum Gasteiger partial charge on any atom is 0.0236 e. The summed E-state index contributed by atoms with van der Waals surface area (Å²) in [5.41, 5.74) is 1.44. The van der Waals surface area contributed by atoms with Gasteiger partial charge in [-0.15, -0.1) is 0 Å². The standard InChI is InChI=1S/C17H28N2/c1-4-18(14-16-8-6-5-7-9-16)17-10-12-19(13-11-17)15(2)3/h5-9,15,17H,4,10-14H2,1-3H3. The first kappa shape index (κ1) is 14.5. The van der Waals surface area contributed by atoms with Gasteiger partial charge in [0.2, 0.25) is 0 Å². The third kappa shape index (κ3) is 4.05. The summed E-state index contributed by atoms with van der Waals surface area (Å²) in [7, 11) is 0. The van der Waals surface area contributed by atoms with Gasteiger partial charge >= 0.3 is 0 Å². The van der Waals surface area contributed by atoms with Crippen LogP contribution in [0.3, 0.4) is 0 Å². The molecule has 0 unspecified atom stereocenters. The van der Waals surface area contributed by atoms with Crippen molar-refractivity contribution in [2.45, 2.75) is 52.2 Å². The zero-order chi connectivity index (χ0) is 13.7. The van der Waals surface area contributed by atoms with Crippen LogP contribution in [-0.4, -0.2) is 41.5 Å². The molecule has 1 aliphatic rings. The van der Waals surface area contributed by atoms with Gasteiger partial charge in [-0.3, -0.25) is 4.90 Å². The highest BCUT2D eigenvalue weighted by Gasteiger charge is 2.24. The van der Waals surface area contributed by atoms with E-state index < -0.39 is 0 Å². The minimum Gasteiger partial charge on any atom is -0.301 e. The number of nitrogens with zero attached hydrogens (tertiary/aromatic N) is 2. The summed E-state index contributed by atoms with van der Waals surface area (Å²) in [5.74, 6) is 0. The molecule has 1 aromatic carbocycles. The second-order valence-corrected chi connectivity index (χ2v) is 5.91. The van der Waals surface area contributed by atoms with Gasteiger partial charge in [-0.1, -0.05) is 37.3 Å². The lowest BCUT2D eigenvalue weighted by Gasteiger charge is -2.39. The van der Waals surface area contributed by atoms with E-state index in [-0.39, 0.29) is 0 Å². The van der Waals surface area contributed by atoms with Crippen LogP contribution in [0, 0.1) is 0 Å². The Balaban J connectivity index is 1.89. The van der Waals surface area contributed by atoms with E-state index in [1.165, 1.54) is 31.5 Å². The molecule has 2 rings (SSSR count). The van der Waals surface area contributed by atoms with E-state index in [4.69, 9.17) is 0 Å². The summed E-state index contributed by atoms with van der Waals surface area (Å²) in [6.45, 7) is 11.7. The molecular formula is C17H28N2. The summed E-state index contributed by atoms with van der Waals surface area (Å²) in [6.07, 6.45) is 2.64. The smallest absolute Gasteiger partial charge is 0.0236 e. The third-order valence-electron chi connectivity index (χ3n) is 4.38. The molecule has 0 N–H and O–H groups in total. The third-order valence-corrected chi connectivity index (χ3v) is 4.38. The highest BCUT2D eigenvalue weighted by molar-refractivity contribution is 5.14. The van der Waals surface area contributed by atoms with Crippen molar-refractivity contribution in [3.8, 4) is 0 Å². The second-order valence-electron chi connectivity index (χ2n) is 5.91. The van der Waals surface area contributed by atoms with Gasteiger partial charge in [-0.25, -0.2) is 0 Å². The van der Waals surface area contributed by atoms with E-state index in [2.05, 4.69) is 60.9 Å². The summed E-state index contributed by atoms with van der Waals surface area (Å²) < 4.78 is 0. The van der Waals surface area contributed by atoms with E-state index in [9.17, 15) is 0 Å². The molecule has 2 heteroatoms. The number of benzene rings is 1. The quantitative estimate of drug-likeness (QED) is 0.801. The number of hydrogen-bond donors (Lipinski definition) is 0. The lowest BCUT2D eigenvalue weighted by Crippen LogP contribution is -2.46. The van der Waals surface area contributed by atoms with Gasteiger partial charge in [0.15, 0.2) is 0 Å². The van der Waals surface area contributed by atoms with Gasteiger partial charge in [-0.05, 0) is 51.9 Å². The van der Waals surface area contributed by atoms with Gasteiger partial charge in [-0.2, -0.15) is 0 Å². The first-order valence-corrected chi connectivity index (χ1v) is 7.72. The van der Waals surface area contributed by atoms with Crippen LogP contribution < -0.4 is 0 Å². The molecule has 1 saturated heterocycles. The zero-order valence-electron chi connectivity index (χ0n) is 12.7. The average Bonchev–Trinajstić information content (AvgIpc) is 2.46. The molecule has 1 aromatic rings. The van der Waals surface area contributed by atoms with Gasteiger partial charge in [0, 0.05) is 18.6 Å². The summed E-state index contributed by atoms with van der Waals surface area (Å²) in [4.78, 5) is 5.25. The first-order valence-electron chi connectivity index (χ1n) is 7.72. The zero-order valence-corrected chi connectivity index (χ0v) is 12.7. The van der Waals surface area contributed by atoms with Crippen molar-refractivity contribution in [1.29, 1.82) is 0 Å². The Labute approximate surface area is 118 Å². The molecule has 0 radical (unpaired) electrons. The van der Waals surface area contributed by atoms with Crippen LogP contribution >= 0.6 is 0 Å². The Kier molecular flexibility index (Phi) is 5.41. The molecular weight excluding hydrogens is 232 g/mol. The van der Waals surface area contributed by atoms with Crippen molar-refractivity contribution in [2.75, 3.05) is 19.6 Å². The molecule has 0 atom stereocenters. The van der Waals surface area contributed by atoms with Crippen LogP contribution in [0.1, 0.15) is 39.2 Å². The minimum atomic E-state index is 0.699. The molecule has 1 heterocycles. The molecule has 0 spiro atoms. The highest BCUT2D eigenvalue weighted by atomic mass is 15.2. The van der Waals surface area contributed by atoms with Gasteiger partial charge in [0.1, 0.15) is 0 Å². The van der Waals surface area contributed by atoms with Crippen LogP contribution in [0.4, 0.5) is 0 Å². The summed E-state index contributed by atoms with van der Waals surface area (Å²) >= 11 is 0. The number of hydrogen-bond acceptors (Lipinski definition) is 2. The fourth-order valence-electron chi connectivity index (χ4n) is 3.08. The molecule has 1 aliphatic heterocycles. The fourth-order valence-corrected chi connectivity index (χ4v) is 3.08. The molecule has 0 amide bonds. The summed E-state index contributed by atoms with van der Waals surface area (Å²) in [6, 6.07) is 12.3. The SMILES string of the molecule is CCN(Cc1ccccc1)C1CCN(C(C)C)CC1. The van der Waals surface area contributed by atoms with Gasteiger partial charge in [0.05, 0.1) is 0 Å². The minimum absolute atomic E-state index is 0.699. The Morgan fingerprint density at radius 2 is 1.79 bits per heavy atom. The van der Waals surface area contributed by atoms with E-state index in [1.54, 1.807) is 0 Å². The molecule has 19 heavy (non-hydrogen) atoms. The largest absolute Gasteiger partial charge is 0.301 e. The van der Waals surface area contributed by atoms with Crippen LogP contribution in [0.5, 0.6) is 0 Å². The Morgan fingerprint density at radius 1 is 1.16 bits per heavy atom. The van der Waals surface area contributed by atoms with Crippen LogP contribution in [0.25, 0.3) is 0 Å². The van der Waals surface area contributed by atoms with E-state index in [0.717, 1.165) is 19.1 Å². The number of rotatable bonds is 5. The maximum atomic E-state index is 2.65. The van der Waals surface area contributed by atoms with Crippen molar-refractivity contribution in [3.63, 3.8) is 0 Å². The molecule has 0 aromatic heterocycles. The van der Waals surface area contributed by atoms with E-state index in [1.807, 2.05) is 0 Å². The van der Waals surface area contributed by atoms with Crippen molar-refractivity contribution in [1.82, 2.24) is 9.80 Å². The molecule has 2 nitrogen and oxygen atoms in total. The second kappa shape index (κ2) is 7.06. The predicted octanol–water partition coefficient (Wildman–Crippen LogP) is 3.38. The first-order chi connectivity index (χ1) is 9.20. The lowest BCUT2D eigenvalue weighted by molar-refractivity contribution is 0.0909.